The van der Waals surface area contributed by atoms with E-state index in [9.17, 15) is 0 Å². The van der Waals surface area contributed by atoms with Crippen LogP contribution in [0, 0.1) is 0 Å². The van der Waals surface area contributed by atoms with Crippen molar-refractivity contribution in [2.45, 2.75) is 36.3 Å². The van der Waals surface area contributed by atoms with Gasteiger partial charge in [0.15, 0.2) is 0 Å². The maximum absolute atomic E-state index is 4.29. The molecule has 0 amide bonds. The molecule has 8 heteroatoms. The zero-order chi connectivity index (χ0) is 13.1. The summed E-state index contributed by atoms with van der Waals surface area (Å²) >= 11 is 1.62. The van der Waals surface area contributed by atoms with E-state index < -0.39 is 0 Å². The average Bonchev–Trinajstić information content (AvgIpc) is 2.97. The van der Waals surface area contributed by atoms with Crippen molar-refractivity contribution in [3.8, 4) is 0 Å². The van der Waals surface area contributed by atoms with Crippen LogP contribution in [0.4, 0.5) is 0 Å². The van der Waals surface area contributed by atoms with E-state index in [4.69, 9.17) is 0 Å². The van der Waals surface area contributed by atoms with Gasteiger partial charge in [-0.1, -0.05) is 11.8 Å². The number of hydrogen-bond acceptors (Lipinski definition) is 6. The van der Waals surface area contributed by atoms with Gasteiger partial charge in [-0.3, -0.25) is 0 Å². The number of tetrazole rings is 1. The van der Waals surface area contributed by atoms with Crippen LogP contribution in [0.2, 0.25) is 0 Å². The number of thioether (sulfide) groups is 1. The molecule has 1 saturated carbocycles. The third-order valence-electron chi connectivity index (χ3n) is 3.08. The van der Waals surface area contributed by atoms with E-state index in [1.165, 1.54) is 12.8 Å². The van der Waals surface area contributed by atoms with Gasteiger partial charge in [-0.2, -0.15) is 0 Å². The maximum atomic E-state index is 4.29. The first-order valence-corrected chi connectivity index (χ1v) is 7.40. The molecule has 0 atom stereocenters. The zero-order valence-electron chi connectivity index (χ0n) is 10.9. The maximum Gasteiger partial charge on any atom is 0.209 e. The Morgan fingerprint density at radius 2 is 2.37 bits per heavy atom. The largest absolute Gasteiger partial charge is 0.337 e. The molecule has 3 rings (SSSR count). The lowest BCUT2D eigenvalue weighted by Gasteiger charge is -2.05. The highest BCUT2D eigenvalue weighted by molar-refractivity contribution is 7.98. The number of nitrogens with zero attached hydrogens (tertiary/aromatic N) is 6. The van der Waals surface area contributed by atoms with E-state index in [1.54, 1.807) is 18.0 Å². The fourth-order valence-electron chi connectivity index (χ4n) is 1.77. The lowest BCUT2D eigenvalue weighted by molar-refractivity contribution is 0.509. The van der Waals surface area contributed by atoms with Gasteiger partial charge in [0.25, 0.3) is 0 Å². The highest BCUT2D eigenvalue weighted by Crippen LogP contribution is 2.19. The van der Waals surface area contributed by atoms with Gasteiger partial charge in [0.05, 0.1) is 12.3 Å². The summed E-state index contributed by atoms with van der Waals surface area (Å²) in [5, 5.41) is 16.1. The van der Waals surface area contributed by atoms with Crippen LogP contribution >= 0.6 is 11.8 Å². The molecular formula is C11H17N7S. The molecule has 2 aromatic rings. The summed E-state index contributed by atoms with van der Waals surface area (Å²) in [5.74, 6) is 1.80. The monoisotopic (exact) mass is 279 g/mol. The van der Waals surface area contributed by atoms with E-state index in [1.807, 2.05) is 22.5 Å². The summed E-state index contributed by atoms with van der Waals surface area (Å²) in [6.45, 7) is 1.73. The number of rotatable bonds is 7. The summed E-state index contributed by atoms with van der Waals surface area (Å²) in [4.78, 5) is 4.29. The van der Waals surface area contributed by atoms with Crippen molar-refractivity contribution >= 4 is 11.8 Å². The van der Waals surface area contributed by atoms with Crippen molar-refractivity contribution < 1.29 is 0 Å². The Balaban J connectivity index is 1.52. The summed E-state index contributed by atoms with van der Waals surface area (Å²) < 4.78 is 3.86. The van der Waals surface area contributed by atoms with E-state index in [0.29, 0.717) is 0 Å². The van der Waals surface area contributed by atoms with Gasteiger partial charge in [0.2, 0.25) is 5.16 Å². The Morgan fingerprint density at radius 1 is 1.47 bits per heavy atom. The molecule has 1 aliphatic rings. The molecule has 0 unspecified atom stereocenters. The standard InChI is InChI=1S/C11H17N7S/c1-17-6-4-13-10(17)8-19-11-14-15-16-18(11)7-5-12-9-2-3-9/h4,6,9,12H,2-3,5,7-8H2,1H3. The second-order valence-corrected chi connectivity index (χ2v) is 5.60. The van der Waals surface area contributed by atoms with Crippen LogP contribution in [0.1, 0.15) is 18.7 Å². The van der Waals surface area contributed by atoms with Gasteiger partial charge in [-0.05, 0) is 23.3 Å². The van der Waals surface area contributed by atoms with E-state index in [2.05, 4.69) is 25.8 Å². The molecule has 2 aromatic heterocycles. The molecule has 0 aromatic carbocycles. The van der Waals surface area contributed by atoms with Crippen LogP contribution in [0.5, 0.6) is 0 Å². The molecule has 0 saturated heterocycles. The van der Waals surface area contributed by atoms with Crippen LogP contribution in [0.25, 0.3) is 0 Å². The fraction of sp³-hybridized carbons (Fsp3) is 0.636. The van der Waals surface area contributed by atoms with Crippen LogP contribution in [0.3, 0.4) is 0 Å². The first kappa shape index (κ1) is 12.6. The van der Waals surface area contributed by atoms with Crippen molar-refractivity contribution in [2.75, 3.05) is 6.54 Å². The molecule has 0 spiro atoms. The minimum absolute atomic E-state index is 0.722. The first-order valence-electron chi connectivity index (χ1n) is 6.41. The Bertz CT molecular complexity index is 531. The average molecular weight is 279 g/mol. The van der Waals surface area contributed by atoms with E-state index >= 15 is 0 Å². The summed E-state index contributed by atoms with van der Waals surface area (Å²) in [6, 6.07) is 0.722. The Morgan fingerprint density at radius 3 is 3.11 bits per heavy atom. The molecule has 102 valence electrons. The van der Waals surface area contributed by atoms with Crippen molar-refractivity contribution in [1.82, 2.24) is 35.1 Å². The van der Waals surface area contributed by atoms with Gasteiger partial charge >= 0.3 is 0 Å². The molecule has 7 nitrogen and oxygen atoms in total. The van der Waals surface area contributed by atoms with Crippen LogP contribution in [0.15, 0.2) is 17.6 Å². The summed E-state index contributed by atoms with van der Waals surface area (Å²) in [6.07, 6.45) is 6.35. The molecule has 19 heavy (non-hydrogen) atoms. The predicted molar refractivity (Wildman–Crippen MR) is 71.6 cm³/mol. The van der Waals surface area contributed by atoms with Gasteiger partial charge in [-0.25, -0.2) is 9.67 Å². The van der Waals surface area contributed by atoms with Gasteiger partial charge in [0, 0.05) is 32.0 Å². The Labute approximate surface area is 115 Å². The minimum Gasteiger partial charge on any atom is -0.337 e. The number of aromatic nitrogens is 6. The summed E-state index contributed by atoms with van der Waals surface area (Å²) in [7, 11) is 1.99. The van der Waals surface area contributed by atoms with Gasteiger partial charge in [0.1, 0.15) is 5.82 Å². The number of imidazole rings is 1. The number of aryl methyl sites for hydroxylation is 1. The van der Waals surface area contributed by atoms with Crippen LogP contribution in [-0.4, -0.2) is 42.3 Å². The molecule has 1 fully saturated rings. The Kier molecular flexibility index (Phi) is 3.79. The van der Waals surface area contributed by atoms with Crippen molar-refractivity contribution in [3.05, 3.63) is 18.2 Å². The number of hydrogen-bond donors (Lipinski definition) is 1. The van der Waals surface area contributed by atoms with Crippen LogP contribution in [-0.2, 0) is 19.3 Å². The molecule has 1 aliphatic carbocycles. The molecule has 1 N–H and O–H groups in total. The SMILES string of the molecule is Cn1ccnc1CSc1nnnn1CCNC1CC1. The minimum atomic E-state index is 0.722. The predicted octanol–water partition coefficient (Wildman–Crippen LogP) is 0.451. The lowest BCUT2D eigenvalue weighted by Crippen LogP contribution is -2.22. The number of nitrogens with one attached hydrogen (secondary N) is 1. The summed E-state index contributed by atoms with van der Waals surface area (Å²) in [5.41, 5.74) is 0. The third-order valence-corrected chi connectivity index (χ3v) is 4.04. The lowest BCUT2D eigenvalue weighted by atomic mass is 10.6. The van der Waals surface area contributed by atoms with E-state index in [0.717, 1.165) is 35.9 Å². The van der Waals surface area contributed by atoms with Gasteiger partial charge < -0.3 is 9.88 Å². The van der Waals surface area contributed by atoms with Crippen LogP contribution < -0.4 is 5.32 Å². The normalized spacial score (nSPS) is 15.0. The molecule has 2 heterocycles. The highest BCUT2D eigenvalue weighted by Gasteiger charge is 2.20. The highest BCUT2D eigenvalue weighted by atomic mass is 32.2. The molecule has 0 bridgehead atoms. The third kappa shape index (κ3) is 3.32. The Hall–Kier alpha value is -1.41. The van der Waals surface area contributed by atoms with Crippen molar-refractivity contribution in [2.24, 2.45) is 7.05 Å². The fourth-order valence-corrected chi connectivity index (χ4v) is 2.67. The second kappa shape index (κ2) is 5.70. The first-order chi connectivity index (χ1) is 9.33. The topological polar surface area (TPSA) is 73.5 Å². The van der Waals surface area contributed by atoms with E-state index in [-0.39, 0.29) is 0 Å². The smallest absolute Gasteiger partial charge is 0.209 e. The quantitative estimate of drug-likeness (QED) is 0.742. The molecule has 0 radical (unpaired) electrons. The molecule has 0 aliphatic heterocycles. The van der Waals surface area contributed by atoms with Crippen molar-refractivity contribution in [1.29, 1.82) is 0 Å². The van der Waals surface area contributed by atoms with Gasteiger partial charge in [-0.15, -0.1) is 5.10 Å². The molecular weight excluding hydrogens is 262 g/mol. The zero-order valence-corrected chi connectivity index (χ0v) is 11.7. The second-order valence-electron chi connectivity index (χ2n) is 4.66. The van der Waals surface area contributed by atoms with Crippen molar-refractivity contribution in [3.63, 3.8) is 0 Å².